The van der Waals surface area contributed by atoms with Gasteiger partial charge >= 0.3 is 12.1 Å². The van der Waals surface area contributed by atoms with Crippen LogP contribution in [0.2, 0.25) is 0 Å². The van der Waals surface area contributed by atoms with Gasteiger partial charge in [-0.2, -0.15) is 0 Å². The molecule has 34 heavy (non-hydrogen) atoms. The summed E-state index contributed by atoms with van der Waals surface area (Å²) in [5.41, 5.74) is 3.65. The monoisotopic (exact) mass is 462 g/mol. The summed E-state index contributed by atoms with van der Waals surface area (Å²) in [6.45, 7) is 6.48. The molecule has 0 saturated heterocycles. The Bertz CT molecular complexity index is 1090. The minimum Gasteiger partial charge on any atom is -0.480 e. The molecule has 1 aliphatic carbocycles. The predicted molar refractivity (Wildman–Crippen MR) is 129 cm³/mol. The van der Waals surface area contributed by atoms with E-state index in [-0.39, 0.29) is 18.9 Å². The van der Waals surface area contributed by atoms with Crippen LogP contribution in [-0.2, 0) is 14.3 Å². The van der Waals surface area contributed by atoms with Gasteiger partial charge in [-0.3, -0.25) is 9.59 Å². The number of carboxylic acid groups (broad SMARTS) is 1. The first-order valence-electron chi connectivity index (χ1n) is 11.2. The molecule has 2 aromatic carbocycles. The van der Waals surface area contributed by atoms with Crippen LogP contribution in [0.1, 0.15) is 51.2 Å². The molecule has 0 bridgehead atoms. The van der Waals surface area contributed by atoms with Gasteiger partial charge in [-0.25, -0.2) is 4.79 Å². The molecule has 2 N–H and O–H groups in total. The lowest BCUT2D eigenvalue weighted by Crippen LogP contribution is -2.56. The number of alkyl carbamates (subject to hydrolysis) is 1. The van der Waals surface area contributed by atoms with Crippen molar-refractivity contribution in [1.82, 2.24) is 10.2 Å². The number of carboxylic acids is 1. The predicted octanol–water partition coefficient (Wildman–Crippen LogP) is 4.02. The Hall–Kier alpha value is -3.79. The highest BCUT2D eigenvalue weighted by Crippen LogP contribution is 2.44. The van der Waals surface area contributed by atoms with Crippen LogP contribution in [0.25, 0.3) is 11.1 Å². The molecule has 1 atom stereocenters. The second kappa shape index (κ2) is 10.4. The van der Waals surface area contributed by atoms with Crippen molar-refractivity contribution in [2.75, 3.05) is 13.2 Å². The van der Waals surface area contributed by atoms with Crippen LogP contribution in [0.3, 0.4) is 0 Å². The summed E-state index contributed by atoms with van der Waals surface area (Å²) in [6.07, 6.45) is -0.701. The third-order valence-electron chi connectivity index (χ3n) is 5.79. The number of hydrogen-bond donors (Lipinski definition) is 2. The molecular weight excluding hydrogens is 432 g/mol. The number of amides is 2. The average molecular weight is 463 g/mol. The van der Waals surface area contributed by atoms with Gasteiger partial charge in [0.2, 0.25) is 5.91 Å². The fourth-order valence-electron chi connectivity index (χ4n) is 4.16. The molecule has 0 radical (unpaired) electrons. The third kappa shape index (κ3) is 5.57. The topological polar surface area (TPSA) is 95.9 Å². The van der Waals surface area contributed by atoms with E-state index in [4.69, 9.17) is 4.74 Å². The Labute approximate surface area is 200 Å². The fraction of sp³-hybridized carbons (Fsp3) is 0.370. The zero-order valence-electron chi connectivity index (χ0n) is 19.9. The van der Waals surface area contributed by atoms with Gasteiger partial charge in [0.05, 0.1) is 0 Å². The molecule has 0 heterocycles. The lowest BCUT2D eigenvalue weighted by atomic mass is 9.98. The average Bonchev–Trinajstić information content (AvgIpc) is 3.11. The molecule has 0 saturated carbocycles. The first kappa shape index (κ1) is 24.8. The van der Waals surface area contributed by atoms with Gasteiger partial charge in [-0.15, -0.1) is 11.8 Å². The molecule has 1 unspecified atom stereocenters. The Morgan fingerprint density at radius 1 is 1.06 bits per heavy atom. The summed E-state index contributed by atoms with van der Waals surface area (Å²) >= 11 is 0. The lowest BCUT2D eigenvalue weighted by molar-refractivity contribution is -0.149. The van der Waals surface area contributed by atoms with Crippen molar-refractivity contribution in [2.45, 2.75) is 51.6 Å². The van der Waals surface area contributed by atoms with Crippen LogP contribution in [-0.4, -0.2) is 52.7 Å². The first-order valence-corrected chi connectivity index (χ1v) is 11.2. The fourth-order valence-corrected chi connectivity index (χ4v) is 4.16. The molecule has 3 rings (SSSR count). The summed E-state index contributed by atoms with van der Waals surface area (Å²) in [5.74, 6) is 3.75. The number of rotatable bonds is 7. The third-order valence-corrected chi connectivity index (χ3v) is 5.79. The highest BCUT2D eigenvalue weighted by Gasteiger charge is 2.34. The molecule has 0 spiro atoms. The van der Waals surface area contributed by atoms with Crippen molar-refractivity contribution in [3.8, 4) is 23.0 Å². The second-order valence-corrected chi connectivity index (χ2v) is 9.14. The van der Waals surface area contributed by atoms with E-state index in [0.29, 0.717) is 0 Å². The Balaban J connectivity index is 1.74. The second-order valence-electron chi connectivity index (χ2n) is 9.14. The van der Waals surface area contributed by atoms with Crippen molar-refractivity contribution in [3.63, 3.8) is 0 Å². The summed E-state index contributed by atoms with van der Waals surface area (Å²) in [4.78, 5) is 38.5. The Morgan fingerprint density at radius 2 is 1.62 bits per heavy atom. The molecule has 2 aromatic rings. The number of benzene rings is 2. The van der Waals surface area contributed by atoms with E-state index >= 15 is 0 Å². The van der Waals surface area contributed by atoms with Gasteiger partial charge < -0.3 is 20.1 Å². The quantitative estimate of drug-likeness (QED) is 0.606. The van der Waals surface area contributed by atoms with Crippen molar-refractivity contribution >= 4 is 18.0 Å². The zero-order valence-corrected chi connectivity index (χ0v) is 19.9. The smallest absolute Gasteiger partial charge is 0.407 e. The van der Waals surface area contributed by atoms with E-state index in [0.717, 1.165) is 22.3 Å². The number of fused-ring (bicyclic) bond motifs is 3. The van der Waals surface area contributed by atoms with Crippen LogP contribution in [0.4, 0.5) is 4.79 Å². The van der Waals surface area contributed by atoms with E-state index in [2.05, 4.69) is 29.3 Å². The van der Waals surface area contributed by atoms with E-state index in [1.54, 1.807) is 27.7 Å². The van der Waals surface area contributed by atoms with Crippen molar-refractivity contribution in [1.29, 1.82) is 0 Å². The zero-order chi connectivity index (χ0) is 24.9. The van der Waals surface area contributed by atoms with Gasteiger partial charge in [0.1, 0.15) is 19.2 Å². The number of hydrogen-bond acceptors (Lipinski definition) is 4. The number of carbonyl (C=O) groups excluding carboxylic acids is 2. The van der Waals surface area contributed by atoms with E-state index in [1.807, 2.05) is 36.4 Å². The summed E-state index contributed by atoms with van der Waals surface area (Å²) in [6, 6.07) is 15.0. The number of aliphatic carboxylic acids is 1. The van der Waals surface area contributed by atoms with E-state index in [9.17, 15) is 19.5 Å². The van der Waals surface area contributed by atoms with Crippen molar-refractivity contribution < 1.29 is 24.2 Å². The standard InChI is InChI=1S/C27H30N2O5/c1-5-6-15-23(25(32)29(16-24(30)31)27(2,3)4)28-26(33)34-17-22-20-13-9-7-11-18(20)19-12-8-10-14-21(19)22/h7-14,22-23H,15-17H2,1-4H3,(H,28,33)(H,30,31). The number of ether oxygens (including phenoxy) is 1. The SMILES string of the molecule is CC#CCC(NC(=O)OCC1c2ccccc2-c2ccccc21)C(=O)N(CC(=O)O)C(C)(C)C. The molecule has 0 aliphatic heterocycles. The van der Waals surface area contributed by atoms with Crippen LogP contribution >= 0.6 is 0 Å². The molecule has 7 nitrogen and oxygen atoms in total. The van der Waals surface area contributed by atoms with Crippen molar-refractivity contribution in [2.24, 2.45) is 0 Å². The maximum Gasteiger partial charge on any atom is 0.407 e. The van der Waals surface area contributed by atoms with Crippen LogP contribution < -0.4 is 5.32 Å². The van der Waals surface area contributed by atoms with E-state index in [1.165, 1.54) is 4.90 Å². The van der Waals surface area contributed by atoms with Crippen LogP contribution in [0.15, 0.2) is 48.5 Å². The molecule has 0 aromatic heterocycles. The minimum absolute atomic E-state index is 0.0473. The summed E-state index contributed by atoms with van der Waals surface area (Å²) in [5, 5.41) is 11.9. The number of carbonyl (C=O) groups is 3. The van der Waals surface area contributed by atoms with Crippen LogP contribution in [0.5, 0.6) is 0 Å². The minimum atomic E-state index is -1.13. The number of nitrogens with one attached hydrogen (secondary N) is 1. The molecule has 178 valence electrons. The maximum absolute atomic E-state index is 13.2. The van der Waals surface area contributed by atoms with Gasteiger partial charge in [0, 0.05) is 17.9 Å². The molecule has 1 aliphatic rings. The number of nitrogens with zero attached hydrogens (tertiary/aromatic N) is 1. The van der Waals surface area contributed by atoms with Crippen LogP contribution in [0, 0.1) is 11.8 Å². The molecule has 0 fully saturated rings. The summed E-state index contributed by atoms with van der Waals surface area (Å²) in [7, 11) is 0. The van der Waals surface area contributed by atoms with Gasteiger partial charge in [-0.1, -0.05) is 48.5 Å². The first-order chi connectivity index (χ1) is 16.1. The molecule has 7 heteroatoms. The Kier molecular flexibility index (Phi) is 7.62. The maximum atomic E-state index is 13.2. The molecule has 2 amide bonds. The largest absolute Gasteiger partial charge is 0.480 e. The highest BCUT2D eigenvalue weighted by molar-refractivity contribution is 5.89. The van der Waals surface area contributed by atoms with E-state index < -0.39 is 36.1 Å². The summed E-state index contributed by atoms with van der Waals surface area (Å²) < 4.78 is 5.56. The normalized spacial score (nSPS) is 13.1. The van der Waals surface area contributed by atoms with Gasteiger partial charge in [0.25, 0.3) is 0 Å². The lowest BCUT2D eigenvalue weighted by Gasteiger charge is -2.36. The highest BCUT2D eigenvalue weighted by atomic mass is 16.5. The Morgan fingerprint density at radius 3 is 2.12 bits per heavy atom. The van der Waals surface area contributed by atoms with Gasteiger partial charge in [-0.05, 0) is 49.9 Å². The van der Waals surface area contributed by atoms with Gasteiger partial charge in [0.15, 0.2) is 0 Å². The molecular formula is C27H30N2O5. The van der Waals surface area contributed by atoms with Crippen molar-refractivity contribution in [3.05, 3.63) is 59.7 Å².